The van der Waals surface area contributed by atoms with Crippen molar-refractivity contribution in [3.05, 3.63) is 34.6 Å². The maximum Gasteiger partial charge on any atom is 0.278 e. The first-order valence-corrected chi connectivity index (χ1v) is 10.6. The molecule has 1 aliphatic carbocycles. The van der Waals surface area contributed by atoms with E-state index in [1.807, 2.05) is 0 Å². The molecule has 1 N–H and O–H groups in total. The number of carbonyl (C=O) groups is 2. The quantitative estimate of drug-likeness (QED) is 0.744. The van der Waals surface area contributed by atoms with E-state index in [1.54, 1.807) is 43.0 Å². The van der Waals surface area contributed by atoms with Crippen LogP contribution in [0.5, 0.6) is 0 Å². The Morgan fingerprint density at radius 3 is 2.71 bits per heavy atom. The lowest BCUT2D eigenvalue weighted by atomic mass is 9.90. The summed E-state index contributed by atoms with van der Waals surface area (Å²) in [6.45, 7) is 4.23. The lowest BCUT2D eigenvalue weighted by Gasteiger charge is -2.21. The molecule has 2 aliphatic rings. The molecule has 1 aliphatic heterocycles. The van der Waals surface area contributed by atoms with E-state index in [2.05, 4.69) is 21.7 Å². The number of fused-ring (bicyclic) bond motifs is 1. The highest BCUT2D eigenvalue weighted by molar-refractivity contribution is 5.80. The molecule has 9 nitrogen and oxygen atoms in total. The number of hydrogen-bond donors (Lipinski definition) is 1. The third-order valence-corrected chi connectivity index (χ3v) is 6.11. The second-order valence-electron chi connectivity index (χ2n) is 9.22. The molecule has 2 atom stereocenters. The number of nitrogens with one attached hydrogen (secondary N) is 1. The van der Waals surface area contributed by atoms with Gasteiger partial charge in [-0.05, 0) is 44.7 Å². The minimum atomic E-state index is -0.733. The maximum absolute atomic E-state index is 12.9. The first-order valence-electron chi connectivity index (χ1n) is 10.6. The van der Waals surface area contributed by atoms with Crippen LogP contribution in [0.2, 0.25) is 0 Å². The van der Waals surface area contributed by atoms with E-state index < -0.39 is 5.41 Å². The minimum Gasteiger partial charge on any atom is -0.351 e. The highest BCUT2D eigenvalue weighted by Gasteiger charge is 2.44. The second kappa shape index (κ2) is 8.10. The third kappa shape index (κ3) is 4.58. The lowest BCUT2D eigenvalue weighted by Crippen LogP contribution is -2.43. The third-order valence-electron chi connectivity index (χ3n) is 6.11. The molecule has 1 aromatic heterocycles. The molecule has 1 aromatic carbocycles. The van der Waals surface area contributed by atoms with E-state index in [9.17, 15) is 19.6 Å². The van der Waals surface area contributed by atoms with Crippen molar-refractivity contribution >= 4 is 22.7 Å². The number of carbonyl (C=O) groups excluding carboxylic acids is 2. The minimum absolute atomic E-state index is 0.118. The van der Waals surface area contributed by atoms with Gasteiger partial charge in [-0.2, -0.15) is 5.26 Å². The molecular formula is C22H26N6O3. The van der Waals surface area contributed by atoms with Gasteiger partial charge in [0.1, 0.15) is 12.1 Å². The average molecular weight is 422 g/mol. The van der Waals surface area contributed by atoms with Gasteiger partial charge >= 0.3 is 0 Å². The molecule has 0 unspecified atom stereocenters. The highest BCUT2D eigenvalue weighted by atomic mass is 16.2. The van der Waals surface area contributed by atoms with Crippen molar-refractivity contribution < 1.29 is 9.59 Å². The largest absolute Gasteiger partial charge is 0.351 e. The summed E-state index contributed by atoms with van der Waals surface area (Å²) in [5.41, 5.74) is -0.585. The topological polar surface area (TPSA) is 121 Å². The van der Waals surface area contributed by atoms with Gasteiger partial charge in [-0.3, -0.25) is 14.4 Å². The summed E-state index contributed by atoms with van der Waals surface area (Å²) < 4.78 is 1.10. The predicted molar refractivity (Wildman–Crippen MR) is 113 cm³/mol. The van der Waals surface area contributed by atoms with Crippen LogP contribution in [-0.4, -0.2) is 50.8 Å². The number of aromatic nitrogens is 3. The molecule has 1 saturated carbocycles. The van der Waals surface area contributed by atoms with Crippen LogP contribution in [0.15, 0.2) is 29.1 Å². The van der Waals surface area contributed by atoms with Crippen molar-refractivity contribution in [3.8, 4) is 6.07 Å². The Morgan fingerprint density at radius 1 is 1.26 bits per heavy atom. The summed E-state index contributed by atoms with van der Waals surface area (Å²) in [5.74, 6) is 0.298. The Morgan fingerprint density at radius 2 is 2.00 bits per heavy atom. The van der Waals surface area contributed by atoms with Crippen molar-refractivity contribution in [3.63, 3.8) is 0 Å². The number of nitriles is 1. The molecule has 0 radical (unpaired) electrons. The number of nitrogens with zero attached hydrogens (tertiary/aromatic N) is 5. The highest BCUT2D eigenvalue weighted by Crippen LogP contribution is 2.41. The molecule has 2 heterocycles. The summed E-state index contributed by atoms with van der Waals surface area (Å²) in [4.78, 5) is 39.8. The zero-order valence-electron chi connectivity index (χ0n) is 17.7. The summed E-state index contributed by atoms with van der Waals surface area (Å²) in [6, 6.07) is 8.90. The number of hydrogen-bond acceptors (Lipinski definition) is 6. The fourth-order valence-corrected chi connectivity index (χ4v) is 4.24. The Kier molecular flexibility index (Phi) is 5.48. The summed E-state index contributed by atoms with van der Waals surface area (Å²) in [6.07, 6.45) is 2.31. The van der Waals surface area contributed by atoms with Crippen molar-refractivity contribution in [1.29, 1.82) is 5.26 Å². The van der Waals surface area contributed by atoms with E-state index in [1.165, 1.54) is 0 Å². The molecule has 4 rings (SSSR count). The first kappa shape index (κ1) is 21.0. The smallest absolute Gasteiger partial charge is 0.278 e. The summed E-state index contributed by atoms with van der Waals surface area (Å²) >= 11 is 0. The van der Waals surface area contributed by atoms with Crippen molar-refractivity contribution in [2.75, 3.05) is 13.1 Å². The van der Waals surface area contributed by atoms with Gasteiger partial charge in [0.25, 0.3) is 5.56 Å². The van der Waals surface area contributed by atoms with Gasteiger partial charge in [0.15, 0.2) is 0 Å². The zero-order valence-corrected chi connectivity index (χ0v) is 17.7. The maximum atomic E-state index is 12.9. The lowest BCUT2D eigenvalue weighted by molar-refractivity contribution is -0.131. The van der Waals surface area contributed by atoms with Crippen LogP contribution >= 0.6 is 0 Å². The van der Waals surface area contributed by atoms with Gasteiger partial charge in [-0.1, -0.05) is 17.3 Å². The van der Waals surface area contributed by atoms with Gasteiger partial charge in [-0.25, -0.2) is 4.68 Å². The molecule has 2 amide bonds. The molecule has 9 heteroatoms. The fourth-order valence-electron chi connectivity index (χ4n) is 4.24. The van der Waals surface area contributed by atoms with Crippen LogP contribution in [0.4, 0.5) is 0 Å². The zero-order chi connectivity index (χ0) is 22.2. The normalized spacial score (nSPS) is 21.1. The molecular weight excluding hydrogens is 396 g/mol. The van der Waals surface area contributed by atoms with Crippen LogP contribution in [0.25, 0.3) is 10.9 Å². The summed E-state index contributed by atoms with van der Waals surface area (Å²) in [5, 5.41) is 20.6. The molecule has 2 aromatic rings. The van der Waals surface area contributed by atoms with Gasteiger partial charge in [0, 0.05) is 25.4 Å². The van der Waals surface area contributed by atoms with Crippen LogP contribution in [0, 0.1) is 28.6 Å². The number of rotatable bonds is 6. The Bertz CT molecular complexity index is 1110. The van der Waals surface area contributed by atoms with Crippen molar-refractivity contribution in [2.24, 2.45) is 17.3 Å². The summed E-state index contributed by atoms with van der Waals surface area (Å²) in [7, 11) is 0. The van der Waals surface area contributed by atoms with Crippen molar-refractivity contribution in [2.45, 2.75) is 45.7 Å². The second-order valence-corrected chi connectivity index (χ2v) is 9.22. The average Bonchev–Trinajstić information content (AvgIpc) is 3.50. The Balaban J connectivity index is 1.45. The monoisotopic (exact) mass is 422 g/mol. The van der Waals surface area contributed by atoms with Gasteiger partial charge < -0.3 is 10.2 Å². The Labute approximate surface area is 180 Å². The number of amides is 2. The Hall–Kier alpha value is -3.28. The van der Waals surface area contributed by atoms with E-state index >= 15 is 0 Å². The molecule has 31 heavy (non-hydrogen) atoms. The molecule has 0 bridgehead atoms. The van der Waals surface area contributed by atoms with Crippen molar-refractivity contribution in [1.82, 2.24) is 25.2 Å². The van der Waals surface area contributed by atoms with Crippen LogP contribution < -0.4 is 10.9 Å². The van der Waals surface area contributed by atoms with E-state index in [0.29, 0.717) is 29.9 Å². The van der Waals surface area contributed by atoms with Gasteiger partial charge in [0.05, 0.1) is 22.9 Å². The van der Waals surface area contributed by atoms with E-state index in [0.717, 1.165) is 17.5 Å². The number of benzene rings is 1. The van der Waals surface area contributed by atoms with E-state index in [4.69, 9.17) is 0 Å². The molecule has 0 spiro atoms. The van der Waals surface area contributed by atoms with Crippen LogP contribution in [0.1, 0.15) is 33.1 Å². The standard InChI is InChI=1S/C22H26N6O3/c1-22(2,13-23)9-19(29)24-18-11-27(10-16(18)14-7-8-14)20(30)12-28-21(31)15-5-3-4-6-17(15)25-26-28/h3-6,14,16,18H,7-12H2,1-2H3,(H,24,29)/t16-,18+/m0/s1. The fraction of sp³-hybridized carbons (Fsp3) is 0.545. The predicted octanol–water partition coefficient (Wildman–Crippen LogP) is 1.08. The molecule has 162 valence electrons. The first-order chi connectivity index (χ1) is 14.8. The molecule has 1 saturated heterocycles. The van der Waals surface area contributed by atoms with Crippen LogP contribution in [-0.2, 0) is 16.1 Å². The molecule has 2 fully saturated rings. The van der Waals surface area contributed by atoms with Gasteiger partial charge in [-0.15, -0.1) is 5.10 Å². The van der Waals surface area contributed by atoms with Gasteiger partial charge in [0.2, 0.25) is 11.8 Å². The van der Waals surface area contributed by atoms with E-state index in [-0.39, 0.29) is 42.3 Å². The number of likely N-dealkylation sites (tertiary alicyclic amines) is 1. The van der Waals surface area contributed by atoms with Crippen LogP contribution in [0.3, 0.4) is 0 Å². The SMILES string of the molecule is CC(C)(C#N)CC(=O)N[C@@H]1CN(C(=O)Cn2nnc3ccccc3c2=O)C[C@H]1C1CC1.